The maximum absolute atomic E-state index is 13.1. The number of carbonyl (C=O) groups is 2. The molecule has 0 saturated heterocycles. The van der Waals surface area contributed by atoms with Crippen LogP contribution in [0.2, 0.25) is 0 Å². The van der Waals surface area contributed by atoms with E-state index in [2.05, 4.69) is 24.3 Å². The first-order valence-electron chi connectivity index (χ1n) is 12.3. The van der Waals surface area contributed by atoms with E-state index in [1.807, 2.05) is 46.8 Å². The minimum Gasteiger partial charge on any atom is -0.618 e. The first kappa shape index (κ1) is 27.7. The second-order valence-corrected chi connectivity index (χ2v) is 9.78. The molecule has 3 rings (SSSR count). The molecule has 0 aliphatic carbocycles. The summed E-state index contributed by atoms with van der Waals surface area (Å²) in [6, 6.07) is 13.7. The normalized spacial score (nSPS) is 12.8. The van der Waals surface area contributed by atoms with Crippen molar-refractivity contribution >= 4 is 11.8 Å². The summed E-state index contributed by atoms with van der Waals surface area (Å²) < 4.78 is 11.2. The standard InChI is InChI=1S/C30H35NO6/c1-17-8-10-23(19(3)14-17)27(24-11-9-18(2)15-20(24)4)22(6)37-30(34)21(5)16-25(32)28-29(33)26(36-7)12-13-31(28)35/h8-15,21-22,27,33H,16H2,1-7H3/t21-,22+/m1/s1. The molecule has 0 spiro atoms. The molecule has 196 valence electrons. The van der Waals surface area contributed by atoms with Gasteiger partial charge in [0, 0.05) is 18.4 Å². The molecule has 7 nitrogen and oxygen atoms in total. The zero-order valence-electron chi connectivity index (χ0n) is 22.5. The topological polar surface area (TPSA) is 99.8 Å². The van der Waals surface area contributed by atoms with Crippen LogP contribution in [0.15, 0.2) is 48.7 Å². The lowest BCUT2D eigenvalue weighted by atomic mass is 9.82. The number of ether oxygens (including phenoxy) is 2. The molecule has 0 aliphatic rings. The predicted molar refractivity (Wildman–Crippen MR) is 141 cm³/mol. The van der Waals surface area contributed by atoms with Crippen LogP contribution in [-0.2, 0) is 9.53 Å². The zero-order valence-corrected chi connectivity index (χ0v) is 22.5. The van der Waals surface area contributed by atoms with Crippen LogP contribution in [0.1, 0.15) is 70.1 Å². The van der Waals surface area contributed by atoms with E-state index >= 15 is 0 Å². The molecule has 37 heavy (non-hydrogen) atoms. The molecule has 0 unspecified atom stereocenters. The lowest BCUT2D eigenvalue weighted by Crippen LogP contribution is -2.35. The van der Waals surface area contributed by atoms with Gasteiger partial charge in [0.2, 0.25) is 11.5 Å². The van der Waals surface area contributed by atoms with Gasteiger partial charge in [-0.3, -0.25) is 9.59 Å². The number of Topliss-reactive ketones (excluding diaryl/α,β-unsaturated/α-hetero) is 1. The molecule has 2 atom stereocenters. The Bertz CT molecular complexity index is 1260. The number of ketones is 1. The third kappa shape index (κ3) is 6.10. The van der Waals surface area contributed by atoms with E-state index in [0.29, 0.717) is 0 Å². The van der Waals surface area contributed by atoms with Gasteiger partial charge in [-0.25, -0.2) is 0 Å². The fourth-order valence-electron chi connectivity index (χ4n) is 4.78. The summed E-state index contributed by atoms with van der Waals surface area (Å²) in [4.78, 5) is 26.0. The number of nitrogens with zero attached hydrogens (tertiary/aromatic N) is 1. The fraction of sp³-hybridized carbons (Fsp3) is 0.367. The third-order valence-corrected chi connectivity index (χ3v) is 6.71. The first-order valence-corrected chi connectivity index (χ1v) is 12.3. The van der Waals surface area contributed by atoms with Crippen molar-refractivity contribution in [2.24, 2.45) is 5.92 Å². The van der Waals surface area contributed by atoms with Gasteiger partial charge >= 0.3 is 11.7 Å². The summed E-state index contributed by atoms with van der Waals surface area (Å²) in [5, 5.41) is 22.4. The Morgan fingerprint density at radius 1 is 0.946 bits per heavy atom. The molecule has 1 aromatic heterocycles. The smallest absolute Gasteiger partial charge is 0.309 e. The monoisotopic (exact) mass is 505 g/mol. The minimum absolute atomic E-state index is 0.00378. The summed E-state index contributed by atoms with van der Waals surface area (Å²) in [5.74, 6) is -2.82. The molecule has 0 amide bonds. The van der Waals surface area contributed by atoms with Gasteiger partial charge in [0.05, 0.1) is 13.0 Å². The van der Waals surface area contributed by atoms with Crippen LogP contribution in [0.25, 0.3) is 0 Å². The number of benzene rings is 2. The Balaban J connectivity index is 1.86. The van der Waals surface area contributed by atoms with Crippen LogP contribution in [-0.4, -0.2) is 30.1 Å². The molecule has 7 heteroatoms. The number of aromatic nitrogens is 1. The molecule has 0 aliphatic heterocycles. The second-order valence-electron chi connectivity index (χ2n) is 9.78. The molecular formula is C30H35NO6. The maximum Gasteiger partial charge on any atom is 0.309 e. The molecule has 0 saturated carbocycles. The van der Waals surface area contributed by atoms with Crippen molar-refractivity contribution in [1.82, 2.24) is 0 Å². The summed E-state index contributed by atoms with van der Waals surface area (Å²) in [5.41, 5.74) is 6.16. The molecule has 3 aromatic rings. The number of pyridine rings is 1. The van der Waals surface area contributed by atoms with E-state index in [4.69, 9.17) is 9.47 Å². The van der Waals surface area contributed by atoms with Gasteiger partial charge < -0.3 is 19.8 Å². The van der Waals surface area contributed by atoms with Crippen LogP contribution < -0.4 is 9.47 Å². The van der Waals surface area contributed by atoms with E-state index < -0.39 is 35.2 Å². The quantitative estimate of drug-likeness (QED) is 0.185. The first-order chi connectivity index (χ1) is 17.4. The lowest BCUT2D eigenvalue weighted by molar-refractivity contribution is -0.608. The Morgan fingerprint density at radius 2 is 1.49 bits per heavy atom. The van der Waals surface area contributed by atoms with Crippen molar-refractivity contribution in [3.8, 4) is 11.5 Å². The van der Waals surface area contributed by atoms with Crippen molar-refractivity contribution in [3.63, 3.8) is 0 Å². The van der Waals surface area contributed by atoms with Crippen LogP contribution >= 0.6 is 0 Å². The van der Waals surface area contributed by atoms with E-state index in [1.54, 1.807) is 6.92 Å². The van der Waals surface area contributed by atoms with Gasteiger partial charge in [-0.05, 0) is 56.9 Å². The van der Waals surface area contributed by atoms with E-state index in [-0.39, 0.29) is 22.8 Å². The average molecular weight is 506 g/mol. The molecule has 0 bridgehead atoms. The van der Waals surface area contributed by atoms with Gasteiger partial charge in [-0.2, -0.15) is 4.73 Å². The zero-order chi connectivity index (χ0) is 27.4. The highest BCUT2D eigenvalue weighted by atomic mass is 16.5. The number of carbonyl (C=O) groups excluding carboxylic acids is 2. The number of aryl methyl sites for hydroxylation is 4. The largest absolute Gasteiger partial charge is 0.618 e. The van der Waals surface area contributed by atoms with Crippen LogP contribution in [0, 0.1) is 38.8 Å². The number of rotatable bonds is 9. The van der Waals surface area contributed by atoms with Crippen LogP contribution in [0.4, 0.5) is 0 Å². The Morgan fingerprint density at radius 3 is 1.97 bits per heavy atom. The van der Waals surface area contributed by atoms with E-state index in [0.717, 1.165) is 39.6 Å². The maximum atomic E-state index is 13.1. The molecule has 2 aromatic carbocycles. The third-order valence-electron chi connectivity index (χ3n) is 6.71. The predicted octanol–water partition coefficient (Wildman–Crippen LogP) is 5.24. The van der Waals surface area contributed by atoms with Crippen molar-refractivity contribution in [2.75, 3.05) is 7.11 Å². The highest BCUT2D eigenvalue weighted by molar-refractivity contribution is 5.98. The Hall–Kier alpha value is -3.87. The van der Waals surface area contributed by atoms with Crippen molar-refractivity contribution in [2.45, 2.75) is 60.0 Å². The number of esters is 1. The lowest BCUT2D eigenvalue weighted by Gasteiger charge is -2.29. The molecule has 0 fully saturated rings. The summed E-state index contributed by atoms with van der Waals surface area (Å²) >= 11 is 0. The number of aromatic hydroxyl groups is 1. The van der Waals surface area contributed by atoms with Crippen molar-refractivity contribution < 1.29 is 28.9 Å². The van der Waals surface area contributed by atoms with E-state index in [9.17, 15) is 19.9 Å². The molecule has 1 heterocycles. The van der Waals surface area contributed by atoms with Gasteiger partial charge in [-0.15, -0.1) is 0 Å². The minimum atomic E-state index is -0.834. The fourth-order valence-corrected chi connectivity index (χ4v) is 4.78. The van der Waals surface area contributed by atoms with Gasteiger partial charge in [0.15, 0.2) is 11.9 Å². The summed E-state index contributed by atoms with van der Waals surface area (Å²) in [6.45, 7) is 11.6. The summed E-state index contributed by atoms with van der Waals surface area (Å²) in [7, 11) is 1.32. The van der Waals surface area contributed by atoms with Gasteiger partial charge in [-0.1, -0.05) is 54.4 Å². The van der Waals surface area contributed by atoms with E-state index in [1.165, 1.54) is 13.2 Å². The molecule has 0 radical (unpaired) electrons. The van der Waals surface area contributed by atoms with Crippen molar-refractivity contribution in [3.05, 3.63) is 92.9 Å². The Labute approximate surface area is 218 Å². The number of methoxy groups -OCH3 is 1. The highest BCUT2D eigenvalue weighted by Crippen LogP contribution is 2.35. The summed E-state index contributed by atoms with van der Waals surface area (Å²) in [6.07, 6.45) is 0.254. The van der Waals surface area contributed by atoms with Gasteiger partial charge in [0.1, 0.15) is 6.10 Å². The van der Waals surface area contributed by atoms with Crippen molar-refractivity contribution in [1.29, 1.82) is 0 Å². The van der Waals surface area contributed by atoms with Crippen LogP contribution in [0.5, 0.6) is 11.5 Å². The average Bonchev–Trinajstić information content (AvgIpc) is 2.81. The Kier molecular flexibility index (Phi) is 8.58. The number of hydrogen-bond acceptors (Lipinski definition) is 6. The number of hydrogen-bond donors (Lipinski definition) is 1. The van der Waals surface area contributed by atoms with Gasteiger partial charge in [0.25, 0.3) is 0 Å². The highest BCUT2D eigenvalue weighted by Gasteiger charge is 2.32. The van der Waals surface area contributed by atoms with Crippen LogP contribution in [0.3, 0.4) is 0 Å². The molecule has 1 N–H and O–H groups in total. The SMILES string of the molecule is COc1cc[n+]([O-])c(C(=O)C[C@@H](C)C(=O)O[C@@H](C)C(c2ccc(C)cc2C)c2ccc(C)cc2C)c1O. The molecular weight excluding hydrogens is 470 g/mol. The second kappa shape index (κ2) is 11.5.